The average molecular weight is 453 g/mol. The zero-order chi connectivity index (χ0) is 24.0. The Bertz CT molecular complexity index is 1210. The Morgan fingerprint density at radius 2 is 1.82 bits per heavy atom. The highest BCUT2D eigenvalue weighted by atomic mass is 16.2. The summed E-state index contributed by atoms with van der Waals surface area (Å²) >= 11 is 0. The molecule has 1 fully saturated rings. The number of aromatic nitrogens is 3. The topological polar surface area (TPSA) is 103 Å². The number of H-pyrrole nitrogens is 1. The lowest BCUT2D eigenvalue weighted by atomic mass is 10.1. The van der Waals surface area contributed by atoms with Crippen molar-refractivity contribution >= 4 is 22.5 Å². The highest BCUT2D eigenvalue weighted by Crippen LogP contribution is 2.18. The molecule has 3 aromatic rings. The Balaban J connectivity index is 0.00000149. The summed E-state index contributed by atoms with van der Waals surface area (Å²) in [6.07, 6.45) is 1.74. The van der Waals surface area contributed by atoms with Crippen LogP contribution < -0.4 is 21.5 Å². The number of pyridine rings is 1. The number of anilines is 1. The van der Waals surface area contributed by atoms with Crippen molar-refractivity contribution in [3.63, 3.8) is 0 Å². The minimum absolute atomic E-state index is 0.193. The minimum Gasteiger partial charge on any atom is -0.368 e. The van der Waals surface area contributed by atoms with Crippen LogP contribution in [0.1, 0.15) is 36.8 Å². The number of fused-ring (bicyclic) bond motifs is 1. The zero-order valence-corrected chi connectivity index (χ0v) is 19.7. The van der Waals surface area contributed by atoms with Gasteiger partial charge in [0, 0.05) is 46.3 Å². The number of rotatable bonds is 5. The first-order chi connectivity index (χ1) is 16.0. The Hall–Kier alpha value is -3.46. The molecule has 1 aromatic carbocycles. The SMILES string of the molecule is CC.CCn1c(=O)[nH]c2cc(CN3CCN(c4ccc(C(=O)NC)nc4)CC3)ccc2c1=O. The number of nitrogens with one attached hydrogen (secondary N) is 2. The summed E-state index contributed by atoms with van der Waals surface area (Å²) in [4.78, 5) is 47.8. The number of carbonyl (C=O) groups is 1. The number of aromatic amines is 1. The molecule has 2 N–H and O–H groups in total. The minimum atomic E-state index is -0.373. The number of nitrogens with zero attached hydrogens (tertiary/aromatic N) is 4. The molecule has 1 amide bonds. The van der Waals surface area contributed by atoms with Crippen LogP contribution in [0.2, 0.25) is 0 Å². The van der Waals surface area contributed by atoms with Gasteiger partial charge in [-0.15, -0.1) is 0 Å². The maximum absolute atomic E-state index is 12.4. The van der Waals surface area contributed by atoms with Crippen LogP contribution in [0.25, 0.3) is 10.9 Å². The molecule has 9 nitrogen and oxygen atoms in total. The van der Waals surface area contributed by atoms with Gasteiger partial charge in [0.2, 0.25) is 0 Å². The van der Waals surface area contributed by atoms with Gasteiger partial charge < -0.3 is 15.2 Å². The fourth-order valence-electron chi connectivity index (χ4n) is 3.95. The van der Waals surface area contributed by atoms with Gasteiger partial charge in [0.05, 0.1) is 22.8 Å². The van der Waals surface area contributed by atoms with E-state index in [1.165, 1.54) is 4.57 Å². The first-order valence-corrected chi connectivity index (χ1v) is 11.4. The van der Waals surface area contributed by atoms with Gasteiger partial charge in [0.1, 0.15) is 5.69 Å². The third-order valence-electron chi connectivity index (χ3n) is 5.71. The molecule has 1 aliphatic heterocycles. The van der Waals surface area contributed by atoms with Crippen molar-refractivity contribution in [2.45, 2.75) is 33.9 Å². The molecule has 0 radical (unpaired) electrons. The van der Waals surface area contributed by atoms with Gasteiger partial charge in [0.15, 0.2) is 0 Å². The second kappa shape index (κ2) is 10.9. The predicted octanol–water partition coefficient (Wildman–Crippen LogP) is 1.81. The highest BCUT2D eigenvalue weighted by molar-refractivity contribution is 5.92. The van der Waals surface area contributed by atoms with Gasteiger partial charge >= 0.3 is 5.69 Å². The van der Waals surface area contributed by atoms with E-state index >= 15 is 0 Å². The standard InChI is InChI=1S/C22H26N6O3.C2H6/c1-3-28-21(30)17-6-4-15(12-19(17)25-22(28)31)14-26-8-10-27(11-9-26)16-5-7-18(24-13-16)20(29)23-2;1-2/h4-7,12-13H,3,8-11,14H2,1-2H3,(H,23,29)(H,25,31);1-2H3. The van der Waals surface area contributed by atoms with E-state index in [0.29, 0.717) is 23.1 Å². The molecular weight excluding hydrogens is 420 g/mol. The number of amides is 1. The predicted molar refractivity (Wildman–Crippen MR) is 131 cm³/mol. The Kier molecular flexibility index (Phi) is 8.00. The van der Waals surface area contributed by atoms with Crippen molar-refractivity contribution in [2.75, 3.05) is 38.1 Å². The first kappa shape index (κ1) is 24.2. The molecule has 0 atom stereocenters. The van der Waals surface area contributed by atoms with Gasteiger partial charge in [-0.1, -0.05) is 19.9 Å². The zero-order valence-electron chi connectivity index (χ0n) is 19.7. The number of carbonyl (C=O) groups excluding carboxylic acids is 1. The van der Waals surface area contributed by atoms with Crippen molar-refractivity contribution < 1.29 is 4.79 Å². The molecule has 0 bridgehead atoms. The lowest BCUT2D eigenvalue weighted by molar-refractivity contribution is 0.0958. The van der Waals surface area contributed by atoms with E-state index in [1.54, 1.807) is 32.3 Å². The number of hydrogen-bond acceptors (Lipinski definition) is 6. The van der Waals surface area contributed by atoms with E-state index in [4.69, 9.17) is 0 Å². The summed E-state index contributed by atoms with van der Waals surface area (Å²) in [6, 6.07) is 9.31. The summed E-state index contributed by atoms with van der Waals surface area (Å²) in [5.74, 6) is -0.193. The second-order valence-electron chi connectivity index (χ2n) is 7.60. The molecule has 1 saturated heterocycles. The quantitative estimate of drug-likeness (QED) is 0.612. The first-order valence-electron chi connectivity index (χ1n) is 11.4. The van der Waals surface area contributed by atoms with Crippen LogP contribution in [0, 0.1) is 0 Å². The van der Waals surface area contributed by atoms with E-state index in [9.17, 15) is 14.4 Å². The van der Waals surface area contributed by atoms with Crippen LogP contribution in [0.5, 0.6) is 0 Å². The molecule has 3 heterocycles. The van der Waals surface area contributed by atoms with Gasteiger partial charge in [-0.05, 0) is 36.8 Å². The third-order valence-corrected chi connectivity index (χ3v) is 5.71. The van der Waals surface area contributed by atoms with Crippen molar-refractivity contribution in [1.82, 2.24) is 24.8 Å². The van der Waals surface area contributed by atoms with Crippen molar-refractivity contribution in [1.29, 1.82) is 0 Å². The Labute approximate surface area is 193 Å². The van der Waals surface area contributed by atoms with Crippen LogP contribution in [0.4, 0.5) is 5.69 Å². The molecule has 176 valence electrons. The lowest BCUT2D eigenvalue weighted by Gasteiger charge is -2.36. The van der Waals surface area contributed by atoms with Crippen LogP contribution in [-0.2, 0) is 13.1 Å². The molecule has 33 heavy (non-hydrogen) atoms. The number of piperazine rings is 1. The fourth-order valence-corrected chi connectivity index (χ4v) is 3.95. The molecule has 0 spiro atoms. The van der Waals surface area contributed by atoms with E-state index in [1.807, 2.05) is 32.0 Å². The molecule has 2 aromatic heterocycles. The average Bonchev–Trinajstić information content (AvgIpc) is 2.85. The lowest BCUT2D eigenvalue weighted by Crippen LogP contribution is -2.46. The number of hydrogen-bond donors (Lipinski definition) is 2. The van der Waals surface area contributed by atoms with Gasteiger partial charge in [0.25, 0.3) is 11.5 Å². The van der Waals surface area contributed by atoms with E-state index in [2.05, 4.69) is 25.1 Å². The van der Waals surface area contributed by atoms with E-state index in [0.717, 1.165) is 44.0 Å². The molecule has 1 aliphatic rings. The maximum atomic E-state index is 12.4. The summed E-state index contributed by atoms with van der Waals surface area (Å²) in [7, 11) is 1.59. The monoisotopic (exact) mass is 452 g/mol. The molecule has 0 saturated carbocycles. The summed E-state index contributed by atoms with van der Waals surface area (Å²) in [5.41, 5.74) is 2.42. The molecule has 0 unspecified atom stereocenters. The van der Waals surface area contributed by atoms with Crippen molar-refractivity contribution in [3.8, 4) is 0 Å². The van der Waals surface area contributed by atoms with Crippen molar-refractivity contribution in [2.24, 2.45) is 0 Å². The van der Waals surface area contributed by atoms with E-state index in [-0.39, 0.29) is 17.2 Å². The van der Waals surface area contributed by atoms with Crippen LogP contribution >= 0.6 is 0 Å². The number of benzene rings is 1. The molecule has 9 heteroatoms. The molecule has 0 aliphatic carbocycles. The smallest absolute Gasteiger partial charge is 0.328 e. The maximum Gasteiger partial charge on any atom is 0.328 e. The summed E-state index contributed by atoms with van der Waals surface area (Å²) < 4.78 is 1.21. The second-order valence-corrected chi connectivity index (χ2v) is 7.60. The Morgan fingerprint density at radius 3 is 2.42 bits per heavy atom. The molecular formula is C24H32N6O3. The van der Waals surface area contributed by atoms with Gasteiger partial charge in [-0.3, -0.25) is 19.1 Å². The van der Waals surface area contributed by atoms with Gasteiger partial charge in [-0.25, -0.2) is 9.78 Å². The Morgan fingerprint density at radius 1 is 1.09 bits per heavy atom. The normalized spacial score (nSPS) is 14.0. The molecule has 4 rings (SSSR count). The highest BCUT2D eigenvalue weighted by Gasteiger charge is 2.18. The third kappa shape index (κ3) is 5.31. The van der Waals surface area contributed by atoms with E-state index < -0.39 is 0 Å². The van der Waals surface area contributed by atoms with Gasteiger partial charge in [-0.2, -0.15) is 0 Å². The van der Waals surface area contributed by atoms with Crippen LogP contribution in [0.3, 0.4) is 0 Å². The fraction of sp³-hybridized carbons (Fsp3) is 0.417. The van der Waals surface area contributed by atoms with Crippen LogP contribution in [0.15, 0.2) is 46.1 Å². The largest absolute Gasteiger partial charge is 0.368 e. The summed E-state index contributed by atoms with van der Waals surface area (Å²) in [6.45, 7) is 10.3. The summed E-state index contributed by atoms with van der Waals surface area (Å²) in [5, 5.41) is 3.10. The van der Waals surface area contributed by atoms with Crippen LogP contribution in [-0.4, -0.2) is 58.6 Å². The van der Waals surface area contributed by atoms with Crippen molar-refractivity contribution in [3.05, 3.63) is 68.6 Å².